The molecule has 0 aliphatic rings. The lowest BCUT2D eigenvalue weighted by molar-refractivity contribution is 0.465. The number of nitrogens with two attached hydrogens (primary N) is 1. The van der Waals surface area contributed by atoms with E-state index in [2.05, 4.69) is 52.0 Å². The monoisotopic (exact) mass is 411 g/mol. The summed E-state index contributed by atoms with van der Waals surface area (Å²) >= 11 is 0. The van der Waals surface area contributed by atoms with Crippen molar-refractivity contribution in [3.63, 3.8) is 0 Å². The number of hydrogen-bond acceptors (Lipinski definition) is 9. The molecule has 0 unspecified atom stereocenters. The van der Waals surface area contributed by atoms with E-state index in [9.17, 15) is 0 Å². The lowest BCUT2D eigenvalue weighted by Crippen LogP contribution is -2.17. The van der Waals surface area contributed by atoms with Crippen LogP contribution in [-0.4, -0.2) is 55.5 Å². The van der Waals surface area contributed by atoms with E-state index in [1.807, 2.05) is 36.3 Å². The van der Waals surface area contributed by atoms with Crippen LogP contribution in [-0.2, 0) is 19.4 Å². The Morgan fingerprint density at radius 2 is 1.90 bits per heavy atom. The van der Waals surface area contributed by atoms with Crippen LogP contribution in [0.3, 0.4) is 0 Å². The number of nitrogens with zero attached hydrogens (tertiary/aromatic N) is 5. The molecule has 4 aromatic heterocycles. The number of nitrogen functional groups attached to an aromatic ring is 1. The Morgan fingerprint density at radius 3 is 2.70 bits per heavy atom. The van der Waals surface area contributed by atoms with Crippen LogP contribution in [0.2, 0.25) is 0 Å². The van der Waals surface area contributed by atoms with Crippen molar-refractivity contribution in [2.24, 2.45) is 0 Å². The van der Waals surface area contributed by atoms with Gasteiger partial charge in [-0.2, -0.15) is 9.97 Å². The molecular weight excluding hydrogens is 386 g/mol. The van der Waals surface area contributed by atoms with Gasteiger partial charge in [0.15, 0.2) is 0 Å². The van der Waals surface area contributed by atoms with Crippen molar-refractivity contribution in [3.8, 4) is 0 Å². The summed E-state index contributed by atoms with van der Waals surface area (Å²) in [6.07, 6.45) is 3.50. The molecule has 4 heterocycles. The van der Waals surface area contributed by atoms with Crippen molar-refractivity contribution >= 4 is 23.8 Å². The summed E-state index contributed by atoms with van der Waals surface area (Å²) in [4.78, 5) is 13.6. The highest BCUT2D eigenvalue weighted by molar-refractivity contribution is 5.36. The Hall–Kier alpha value is -3.96. The van der Waals surface area contributed by atoms with E-state index in [0.717, 1.165) is 24.5 Å². The van der Waals surface area contributed by atoms with Crippen LogP contribution in [0.15, 0.2) is 34.9 Å². The fraction of sp³-hybridized carbons (Fsp3) is 0.333. The van der Waals surface area contributed by atoms with Gasteiger partial charge in [-0.3, -0.25) is 0 Å². The Bertz CT molecular complexity index is 1030. The third-order valence-electron chi connectivity index (χ3n) is 4.43. The predicted octanol–water partition coefficient (Wildman–Crippen LogP) is 1.37. The number of aromatic nitrogens is 7. The Labute approximate surface area is 172 Å². The van der Waals surface area contributed by atoms with Gasteiger partial charge in [0, 0.05) is 44.9 Å². The first kappa shape index (κ1) is 19.4. The molecule has 158 valence electrons. The molecule has 0 saturated carbocycles. The van der Waals surface area contributed by atoms with E-state index in [1.165, 1.54) is 5.69 Å². The van der Waals surface area contributed by atoms with E-state index in [0.29, 0.717) is 37.4 Å². The standard InChI is InChI=1S/C18H25N11O/c1-29(18-24-17(27-28-18)21-9-6-12-3-2-8-20-12)11-14-5-4-13(30-14)7-10-22-16-23-15(19)25-26-16/h2-5,8,20H,6-7,9-11H2,1H3,(H2,21,24,27,28)(H4,19,22,23,25,26). The van der Waals surface area contributed by atoms with Crippen molar-refractivity contribution in [1.82, 2.24) is 35.3 Å². The molecule has 0 saturated heterocycles. The Morgan fingerprint density at radius 1 is 1.03 bits per heavy atom. The topological polar surface area (TPSA) is 165 Å². The van der Waals surface area contributed by atoms with Crippen LogP contribution in [0, 0.1) is 0 Å². The number of rotatable bonds is 11. The van der Waals surface area contributed by atoms with Crippen LogP contribution < -0.4 is 21.3 Å². The van der Waals surface area contributed by atoms with Crippen LogP contribution in [0.5, 0.6) is 0 Å². The molecule has 0 aliphatic carbocycles. The molecule has 4 rings (SSSR count). The third kappa shape index (κ3) is 5.10. The first-order valence-electron chi connectivity index (χ1n) is 9.65. The number of furan rings is 1. The SMILES string of the molecule is CN(Cc1ccc(CCNc2n[nH]c(N)n2)o1)c1n[nH]c(NCCc2ccc[nH]2)n1. The van der Waals surface area contributed by atoms with E-state index >= 15 is 0 Å². The highest BCUT2D eigenvalue weighted by Crippen LogP contribution is 2.15. The van der Waals surface area contributed by atoms with Crippen molar-refractivity contribution in [3.05, 3.63) is 47.7 Å². The smallest absolute Gasteiger partial charge is 0.246 e. The molecule has 0 spiro atoms. The van der Waals surface area contributed by atoms with Crippen LogP contribution in [0.25, 0.3) is 0 Å². The van der Waals surface area contributed by atoms with Gasteiger partial charge in [-0.25, -0.2) is 10.2 Å². The summed E-state index contributed by atoms with van der Waals surface area (Å²) in [6, 6.07) is 7.96. The van der Waals surface area contributed by atoms with Gasteiger partial charge >= 0.3 is 0 Å². The molecule has 12 nitrogen and oxygen atoms in total. The number of aromatic amines is 3. The second kappa shape index (κ2) is 9.03. The first-order chi connectivity index (χ1) is 14.7. The van der Waals surface area contributed by atoms with Gasteiger partial charge in [-0.15, -0.1) is 10.2 Å². The minimum atomic E-state index is 0.284. The molecule has 4 aromatic rings. The van der Waals surface area contributed by atoms with Crippen molar-refractivity contribution in [2.75, 3.05) is 41.4 Å². The molecule has 0 aliphatic heterocycles. The third-order valence-corrected chi connectivity index (χ3v) is 4.43. The minimum Gasteiger partial charge on any atom is -0.464 e. The maximum atomic E-state index is 5.89. The first-order valence-corrected chi connectivity index (χ1v) is 9.65. The summed E-state index contributed by atoms with van der Waals surface area (Å²) in [5.74, 6) is 3.70. The fourth-order valence-corrected chi connectivity index (χ4v) is 2.94. The van der Waals surface area contributed by atoms with Gasteiger partial charge in [0.2, 0.25) is 23.8 Å². The zero-order chi connectivity index (χ0) is 20.8. The highest BCUT2D eigenvalue weighted by Gasteiger charge is 2.11. The maximum Gasteiger partial charge on any atom is 0.246 e. The van der Waals surface area contributed by atoms with Gasteiger partial charge in [0.05, 0.1) is 6.54 Å². The average molecular weight is 411 g/mol. The number of hydrogen-bond donors (Lipinski definition) is 6. The minimum absolute atomic E-state index is 0.284. The Kier molecular flexibility index (Phi) is 5.83. The largest absolute Gasteiger partial charge is 0.464 e. The lowest BCUT2D eigenvalue weighted by atomic mass is 10.3. The van der Waals surface area contributed by atoms with E-state index < -0.39 is 0 Å². The molecule has 0 radical (unpaired) electrons. The molecule has 30 heavy (non-hydrogen) atoms. The van der Waals surface area contributed by atoms with Crippen LogP contribution in [0.4, 0.5) is 23.8 Å². The summed E-state index contributed by atoms with van der Waals surface area (Å²) < 4.78 is 5.89. The molecule has 0 bridgehead atoms. The predicted molar refractivity (Wildman–Crippen MR) is 113 cm³/mol. The van der Waals surface area contributed by atoms with Gasteiger partial charge in [0.1, 0.15) is 11.5 Å². The van der Waals surface area contributed by atoms with Crippen molar-refractivity contribution < 1.29 is 4.42 Å². The molecule has 12 heteroatoms. The highest BCUT2D eigenvalue weighted by atomic mass is 16.3. The average Bonchev–Trinajstić information content (AvgIpc) is 3.51. The zero-order valence-electron chi connectivity index (χ0n) is 16.6. The van der Waals surface area contributed by atoms with Gasteiger partial charge in [-0.1, -0.05) is 0 Å². The normalized spacial score (nSPS) is 11.0. The van der Waals surface area contributed by atoms with Gasteiger partial charge in [0.25, 0.3) is 0 Å². The fourth-order valence-electron chi connectivity index (χ4n) is 2.94. The zero-order valence-corrected chi connectivity index (χ0v) is 16.6. The van der Waals surface area contributed by atoms with Crippen molar-refractivity contribution in [1.29, 1.82) is 0 Å². The summed E-state index contributed by atoms with van der Waals surface area (Å²) in [5.41, 5.74) is 6.67. The van der Waals surface area contributed by atoms with Gasteiger partial charge < -0.3 is 30.7 Å². The molecule has 7 N–H and O–H groups in total. The van der Waals surface area contributed by atoms with Crippen molar-refractivity contribution in [2.45, 2.75) is 19.4 Å². The Balaban J connectivity index is 1.22. The number of H-pyrrole nitrogens is 3. The van der Waals surface area contributed by atoms with E-state index in [1.54, 1.807) is 0 Å². The summed E-state index contributed by atoms with van der Waals surface area (Å²) in [6.45, 7) is 1.96. The molecular formula is C18H25N11O. The van der Waals surface area contributed by atoms with E-state index in [4.69, 9.17) is 10.2 Å². The second-order valence-corrected chi connectivity index (χ2v) is 6.80. The molecule has 0 fully saturated rings. The lowest BCUT2D eigenvalue weighted by Gasteiger charge is -2.12. The number of anilines is 4. The second-order valence-electron chi connectivity index (χ2n) is 6.80. The van der Waals surface area contributed by atoms with Crippen LogP contribution >= 0.6 is 0 Å². The molecule has 0 amide bonds. The molecule has 0 atom stereocenters. The maximum absolute atomic E-state index is 5.89. The molecule has 0 aromatic carbocycles. The summed E-state index contributed by atoms with van der Waals surface area (Å²) in [7, 11) is 1.92. The van der Waals surface area contributed by atoms with E-state index in [-0.39, 0.29) is 5.95 Å². The number of nitrogens with one attached hydrogen (secondary N) is 5. The van der Waals surface area contributed by atoms with Gasteiger partial charge in [-0.05, 0) is 24.3 Å². The summed E-state index contributed by atoms with van der Waals surface area (Å²) in [5, 5.41) is 20.0. The van der Waals surface area contributed by atoms with Crippen LogP contribution in [0.1, 0.15) is 17.2 Å². The quantitative estimate of drug-likeness (QED) is 0.214.